The van der Waals surface area contributed by atoms with E-state index in [0.717, 1.165) is 12.3 Å². The number of hydrogen-bond acceptors (Lipinski definition) is 3. The van der Waals surface area contributed by atoms with Gasteiger partial charge in [0.2, 0.25) is 0 Å². The molecule has 1 amide bonds. The largest absolute Gasteiger partial charge is 0.478 e. The summed E-state index contributed by atoms with van der Waals surface area (Å²) in [6, 6.07) is 2.95. The maximum atomic E-state index is 12.1. The maximum Gasteiger partial charge on any atom is 0.335 e. The zero-order chi connectivity index (χ0) is 13.4. The molecule has 3 rings (SSSR count). The number of rotatable bonds is 3. The standard InChI is InChI=1S/C14H16N2O3/c17-13(12-7-10(14(18)19)3-4-15-12)16-11-6-8-1-2-9(11)5-8/h3-4,7-9,11H,1-2,5-6H2,(H,16,17)(H,18,19). The van der Waals surface area contributed by atoms with Crippen LogP contribution in [0.3, 0.4) is 0 Å². The Morgan fingerprint density at radius 3 is 2.79 bits per heavy atom. The number of amides is 1. The number of aromatic carboxylic acids is 1. The summed E-state index contributed by atoms with van der Waals surface area (Å²) in [4.78, 5) is 26.9. The summed E-state index contributed by atoms with van der Waals surface area (Å²) in [6.45, 7) is 0. The van der Waals surface area contributed by atoms with Gasteiger partial charge in [0.1, 0.15) is 5.69 Å². The zero-order valence-electron chi connectivity index (χ0n) is 10.5. The molecule has 2 aliphatic carbocycles. The molecule has 0 radical (unpaired) electrons. The lowest BCUT2D eigenvalue weighted by Gasteiger charge is -2.22. The smallest absolute Gasteiger partial charge is 0.335 e. The summed E-state index contributed by atoms with van der Waals surface area (Å²) in [7, 11) is 0. The number of carboxylic acid groups (broad SMARTS) is 1. The number of pyridine rings is 1. The Kier molecular flexibility index (Phi) is 2.97. The Balaban J connectivity index is 1.70. The molecule has 2 saturated carbocycles. The Morgan fingerprint density at radius 1 is 1.32 bits per heavy atom. The lowest BCUT2D eigenvalue weighted by atomic mass is 9.95. The van der Waals surface area contributed by atoms with Crippen LogP contribution in [0.1, 0.15) is 46.5 Å². The van der Waals surface area contributed by atoms with Crippen molar-refractivity contribution in [1.82, 2.24) is 10.3 Å². The minimum Gasteiger partial charge on any atom is -0.478 e. The number of nitrogens with one attached hydrogen (secondary N) is 1. The van der Waals surface area contributed by atoms with Crippen LogP contribution in [0, 0.1) is 11.8 Å². The summed E-state index contributed by atoms with van der Waals surface area (Å²) in [5.74, 6) is 0.0437. The summed E-state index contributed by atoms with van der Waals surface area (Å²) >= 11 is 0. The highest BCUT2D eigenvalue weighted by molar-refractivity contribution is 5.95. The van der Waals surface area contributed by atoms with Crippen molar-refractivity contribution in [2.45, 2.75) is 31.7 Å². The molecule has 1 aromatic heterocycles. The molecule has 5 heteroatoms. The Bertz CT molecular complexity index is 529. The Labute approximate surface area is 111 Å². The van der Waals surface area contributed by atoms with Crippen molar-refractivity contribution < 1.29 is 14.7 Å². The fourth-order valence-corrected chi connectivity index (χ4v) is 3.35. The molecule has 5 nitrogen and oxygen atoms in total. The second-order valence-electron chi connectivity index (χ2n) is 5.49. The van der Waals surface area contributed by atoms with Crippen molar-refractivity contribution in [2.75, 3.05) is 0 Å². The number of carbonyl (C=O) groups excluding carboxylic acids is 1. The minimum atomic E-state index is -1.05. The second-order valence-corrected chi connectivity index (χ2v) is 5.49. The summed E-state index contributed by atoms with van der Waals surface area (Å²) in [6.07, 6.45) is 6.10. The van der Waals surface area contributed by atoms with Gasteiger partial charge in [0.05, 0.1) is 5.56 Å². The predicted molar refractivity (Wildman–Crippen MR) is 67.9 cm³/mol. The molecule has 1 aromatic rings. The third-order valence-electron chi connectivity index (χ3n) is 4.29. The van der Waals surface area contributed by atoms with Crippen LogP contribution in [0.5, 0.6) is 0 Å². The first-order valence-corrected chi connectivity index (χ1v) is 6.63. The Morgan fingerprint density at radius 2 is 2.16 bits per heavy atom. The maximum absolute atomic E-state index is 12.1. The van der Waals surface area contributed by atoms with E-state index < -0.39 is 5.97 Å². The summed E-state index contributed by atoms with van der Waals surface area (Å²) in [5, 5.41) is 11.9. The fraction of sp³-hybridized carbons (Fsp3) is 0.500. The number of hydrogen-bond donors (Lipinski definition) is 2. The molecule has 2 aliphatic rings. The van der Waals surface area contributed by atoms with Crippen molar-refractivity contribution in [3.05, 3.63) is 29.6 Å². The average molecular weight is 260 g/mol. The highest BCUT2D eigenvalue weighted by Gasteiger charge is 2.40. The van der Waals surface area contributed by atoms with E-state index in [1.807, 2.05) is 0 Å². The van der Waals surface area contributed by atoms with Gasteiger partial charge in [0.25, 0.3) is 5.91 Å². The molecule has 1 heterocycles. The number of carboxylic acids is 1. The molecule has 0 aromatic carbocycles. The van der Waals surface area contributed by atoms with Crippen LogP contribution in [0.15, 0.2) is 18.3 Å². The van der Waals surface area contributed by atoms with E-state index in [1.54, 1.807) is 0 Å². The van der Waals surface area contributed by atoms with E-state index >= 15 is 0 Å². The molecule has 19 heavy (non-hydrogen) atoms. The lowest BCUT2D eigenvalue weighted by Crippen LogP contribution is -2.38. The van der Waals surface area contributed by atoms with E-state index in [9.17, 15) is 9.59 Å². The quantitative estimate of drug-likeness (QED) is 0.867. The van der Waals surface area contributed by atoms with Gasteiger partial charge in [-0.1, -0.05) is 6.42 Å². The van der Waals surface area contributed by atoms with Crippen LogP contribution in [-0.2, 0) is 0 Å². The molecule has 2 bridgehead atoms. The van der Waals surface area contributed by atoms with Crippen LogP contribution < -0.4 is 5.32 Å². The number of nitrogens with zero attached hydrogens (tertiary/aromatic N) is 1. The highest BCUT2D eigenvalue weighted by atomic mass is 16.4. The molecule has 2 N–H and O–H groups in total. The van der Waals surface area contributed by atoms with E-state index in [-0.39, 0.29) is 23.2 Å². The third kappa shape index (κ3) is 2.32. The van der Waals surface area contributed by atoms with Gasteiger partial charge in [-0.2, -0.15) is 0 Å². The highest BCUT2D eigenvalue weighted by Crippen LogP contribution is 2.44. The normalized spacial score (nSPS) is 28.3. The molecule has 3 unspecified atom stereocenters. The van der Waals surface area contributed by atoms with Crippen LogP contribution in [0.25, 0.3) is 0 Å². The molecule has 2 fully saturated rings. The predicted octanol–water partition coefficient (Wildman–Crippen LogP) is 1.70. The van der Waals surface area contributed by atoms with Gasteiger partial charge < -0.3 is 10.4 Å². The van der Waals surface area contributed by atoms with Gasteiger partial charge in [0, 0.05) is 12.2 Å². The first kappa shape index (κ1) is 12.1. The third-order valence-corrected chi connectivity index (χ3v) is 4.29. The van der Waals surface area contributed by atoms with Crippen molar-refractivity contribution in [1.29, 1.82) is 0 Å². The summed E-state index contributed by atoms with van der Waals surface area (Å²) in [5.41, 5.74) is 0.274. The lowest BCUT2D eigenvalue weighted by molar-refractivity contribution is 0.0696. The molecular weight excluding hydrogens is 244 g/mol. The van der Waals surface area contributed by atoms with Gasteiger partial charge in [-0.05, 0) is 43.2 Å². The van der Waals surface area contributed by atoms with Crippen molar-refractivity contribution in [2.24, 2.45) is 11.8 Å². The van der Waals surface area contributed by atoms with Crippen LogP contribution in [0.2, 0.25) is 0 Å². The second kappa shape index (κ2) is 4.64. The fourth-order valence-electron chi connectivity index (χ4n) is 3.35. The van der Waals surface area contributed by atoms with Crippen LogP contribution in [0.4, 0.5) is 0 Å². The van der Waals surface area contributed by atoms with Gasteiger partial charge in [-0.3, -0.25) is 9.78 Å². The molecule has 0 aliphatic heterocycles. The van der Waals surface area contributed by atoms with Gasteiger partial charge in [0.15, 0.2) is 0 Å². The first-order valence-electron chi connectivity index (χ1n) is 6.63. The number of fused-ring (bicyclic) bond motifs is 2. The van der Waals surface area contributed by atoms with E-state index in [1.165, 1.54) is 37.6 Å². The van der Waals surface area contributed by atoms with E-state index in [0.29, 0.717) is 5.92 Å². The zero-order valence-corrected chi connectivity index (χ0v) is 10.5. The van der Waals surface area contributed by atoms with E-state index in [4.69, 9.17) is 5.11 Å². The monoisotopic (exact) mass is 260 g/mol. The van der Waals surface area contributed by atoms with Gasteiger partial charge in [-0.25, -0.2) is 4.79 Å². The first-order chi connectivity index (χ1) is 9.13. The number of carbonyl (C=O) groups is 2. The SMILES string of the molecule is O=C(O)c1ccnc(C(=O)NC2CC3CCC2C3)c1. The molecular formula is C14H16N2O3. The molecule has 0 saturated heterocycles. The topological polar surface area (TPSA) is 79.3 Å². The average Bonchev–Trinajstić information content (AvgIpc) is 3.01. The van der Waals surface area contributed by atoms with Crippen molar-refractivity contribution >= 4 is 11.9 Å². The Hall–Kier alpha value is -1.91. The van der Waals surface area contributed by atoms with Crippen LogP contribution >= 0.6 is 0 Å². The molecule has 3 atom stereocenters. The number of aromatic nitrogens is 1. The molecule has 0 spiro atoms. The van der Waals surface area contributed by atoms with Gasteiger partial charge >= 0.3 is 5.97 Å². The molecule has 100 valence electrons. The summed E-state index contributed by atoms with van der Waals surface area (Å²) < 4.78 is 0. The minimum absolute atomic E-state index is 0.0908. The van der Waals surface area contributed by atoms with Crippen molar-refractivity contribution in [3.63, 3.8) is 0 Å². The van der Waals surface area contributed by atoms with Crippen LogP contribution in [-0.4, -0.2) is 28.0 Å². The van der Waals surface area contributed by atoms with E-state index in [2.05, 4.69) is 10.3 Å². The van der Waals surface area contributed by atoms with Gasteiger partial charge in [-0.15, -0.1) is 0 Å². The van der Waals surface area contributed by atoms with Crippen molar-refractivity contribution in [3.8, 4) is 0 Å².